The van der Waals surface area contributed by atoms with Gasteiger partial charge in [-0.1, -0.05) is 0 Å². The van der Waals surface area contributed by atoms with Gasteiger partial charge in [0, 0.05) is 12.4 Å². The van der Waals surface area contributed by atoms with Crippen LogP contribution in [0.4, 0.5) is 0 Å². The summed E-state index contributed by atoms with van der Waals surface area (Å²) in [5.41, 5.74) is 3.18. The molecule has 0 aliphatic heterocycles. The Morgan fingerprint density at radius 3 is 1.71 bits per heavy atom. The predicted molar refractivity (Wildman–Crippen MR) is 76.5 cm³/mol. The minimum Gasteiger partial charge on any atom is -0.393 e. The van der Waals surface area contributed by atoms with Crippen molar-refractivity contribution in [3.05, 3.63) is 59.2 Å². The lowest BCUT2D eigenvalue weighted by Gasteiger charge is -2.04. The second kappa shape index (κ2) is 6.74. The highest BCUT2D eigenvalue weighted by Gasteiger charge is 2.13. The third-order valence-corrected chi connectivity index (χ3v) is 2.82. The standard InChI is InChI=1S/C16H16N2O3/c1-11-3-5-17-13(7-11)9-15(19)21-16(20)10-14-8-12(2)4-6-18-14/h3-8H,9-10H2,1-2H3. The summed E-state index contributed by atoms with van der Waals surface area (Å²) in [4.78, 5) is 31.5. The van der Waals surface area contributed by atoms with Crippen LogP contribution in [-0.4, -0.2) is 21.9 Å². The lowest BCUT2D eigenvalue weighted by Crippen LogP contribution is -2.17. The number of pyridine rings is 2. The number of carbonyl (C=O) groups is 2. The summed E-state index contributed by atoms with van der Waals surface area (Å²) in [6.07, 6.45) is 3.20. The molecule has 2 heterocycles. The van der Waals surface area contributed by atoms with Gasteiger partial charge >= 0.3 is 11.9 Å². The van der Waals surface area contributed by atoms with Gasteiger partial charge in [-0.15, -0.1) is 0 Å². The number of aryl methyl sites for hydroxylation is 2. The van der Waals surface area contributed by atoms with Gasteiger partial charge in [-0.2, -0.15) is 0 Å². The van der Waals surface area contributed by atoms with Gasteiger partial charge in [0.2, 0.25) is 0 Å². The van der Waals surface area contributed by atoms with Crippen molar-refractivity contribution in [2.45, 2.75) is 26.7 Å². The average Bonchev–Trinajstić information content (AvgIpc) is 2.38. The number of hydrogen-bond donors (Lipinski definition) is 0. The van der Waals surface area contributed by atoms with Crippen molar-refractivity contribution in [2.24, 2.45) is 0 Å². The van der Waals surface area contributed by atoms with E-state index in [4.69, 9.17) is 4.74 Å². The molecule has 0 N–H and O–H groups in total. The Kier molecular flexibility index (Phi) is 4.77. The smallest absolute Gasteiger partial charge is 0.319 e. The molecule has 0 amide bonds. The first-order valence-corrected chi connectivity index (χ1v) is 6.59. The van der Waals surface area contributed by atoms with Crippen LogP contribution in [0.3, 0.4) is 0 Å². The number of ether oxygens (including phenoxy) is 1. The molecule has 0 atom stereocenters. The Hall–Kier alpha value is -2.56. The summed E-state index contributed by atoms with van der Waals surface area (Å²) in [6.45, 7) is 3.82. The van der Waals surface area contributed by atoms with Crippen molar-refractivity contribution in [2.75, 3.05) is 0 Å². The molecule has 2 rings (SSSR count). The van der Waals surface area contributed by atoms with Crippen molar-refractivity contribution in [3.8, 4) is 0 Å². The highest BCUT2D eigenvalue weighted by atomic mass is 16.6. The predicted octanol–water partition coefficient (Wildman–Crippen LogP) is 1.95. The number of hydrogen-bond acceptors (Lipinski definition) is 5. The lowest BCUT2D eigenvalue weighted by molar-refractivity contribution is -0.158. The van der Waals surface area contributed by atoms with E-state index in [1.165, 1.54) is 0 Å². The number of aromatic nitrogens is 2. The van der Waals surface area contributed by atoms with Gasteiger partial charge in [-0.25, -0.2) is 0 Å². The van der Waals surface area contributed by atoms with Gasteiger partial charge in [0.15, 0.2) is 0 Å². The largest absolute Gasteiger partial charge is 0.393 e. The Labute approximate surface area is 123 Å². The molecule has 108 valence electrons. The third-order valence-electron chi connectivity index (χ3n) is 2.82. The van der Waals surface area contributed by atoms with E-state index in [0.29, 0.717) is 11.4 Å². The van der Waals surface area contributed by atoms with Crippen molar-refractivity contribution in [3.63, 3.8) is 0 Å². The van der Waals surface area contributed by atoms with Crippen molar-refractivity contribution >= 4 is 11.9 Å². The van der Waals surface area contributed by atoms with Crippen LogP contribution in [-0.2, 0) is 27.2 Å². The van der Waals surface area contributed by atoms with Crippen LogP contribution >= 0.6 is 0 Å². The average molecular weight is 284 g/mol. The summed E-state index contributed by atoms with van der Waals surface area (Å²) in [6, 6.07) is 7.24. The summed E-state index contributed by atoms with van der Waals surface area (Å²) in [5, 5.41) is 0. The van der Waals surface area contributed by atoms with Crippen LogP contribution in [0, 0.1) is 13.8 Å². The molecule has 2 aromatic heterocycles. The quantitative estimate of drug-likeness (QED) is 0.634. The maximum Gasteiger partial charge on any atom is 0.319 e. The van der Waals surface area contributed by atoms with Crippen LogP contribution in [0.1, 0.15) is 22.5 Å². The van der Waals surface area contributed by atoms with E-state index in [9.17, 15) is 9.59 Å². The molecule has 0 saturated carbocycles. The summed E-state index contributed by atoms with van der Waals surface area (Å²) in [5.74, 6) is -1.21. The number of esters is 2. The molecule has 0 bridgehead atoms. The molecule has 21 heavy (non-hydrogen) atoms. The number of rotatable bonds is 4. The SMILES string of the molecule is Cc1ccnc(CC(=O)OC(=O)Cc2cc(C)ccn2)c1. The normalized spacial score (nSPS) is 10.2. The first-order chi connectivity index (χ1) is 10.0. The molecule has 0 aliphatic rings. The molecule has 0 saturated heterocycles. The Bertz CT molecular complexity index is 611. The Balaban J connectivity index is 1.89. The van der Waals surface area contributed by atoms with E-state index in [-0.39, 0.29) is 12.8 Å². The van der Waals surface area contributed by atoms with Crippen LogP contribution in [0.25, 0.3) is 0 Å². The second-order valence-electron chi connectivity index (χ2n) is 4.85. The minimum atomic E-state index is -0.606. The van der Waals surface area contributed by atoms with E-state index in [1.807, 2.05) is 26.0 Å². The monoisotopic (exact) mass is 284 g/mol. The van der Waals surface area contributed by atoms with Crippen LogP contribution in [0.2, 0.25) is 0 Å². The maximum atomic E-state index is 11.7. The maximum absolute atomic E-state index is 11.7. The zero-order valence-electron chi connectivity index (χ0n) is 12.0. The Morgan fingerprint density at radius 1 is 0.905 bits per heavy atom. The summed E-state index contributed by atoms with van der Waals surface area (Å²) < 4.78 is 4.78. The van der Waals surface area contributed by atoms with Gasteiger partial charge in [0.05, 0.1) is 24.2 Å². The van der Waals surface area contributed by atoms with Gasteiger partial charge in [-0.05, 0) is 49.2 Å². The highest BCUT2D eigenvalue weighted by molar-refractivity contribution is 5.87. The Morgan fingerprint density at radius 2 is 1.33 bits per heavy atom. The molecule has 0 fully saturated rings. The van der Waals surface area contributed by atoms with Gasteiger partial charge in [-0.3, -0.25) is 19.6 Å². The van der Waals surface area contributed by atoms with E-state index in [2.05, 4.69) is 9.97 Å². The lowest BCUT2D eigenvalue weighted by atomic mass is 10.2. The van der Waals surface area contributed by atoms with Gasteiger partial charge in [0.25, 0.3) is 0 Å². The number of nitrogens with zero attached hydrogens (tertiary/aromatic N) is 2. The molecule has 0 unspecified atom stereocenters. The fourth-order valence-corrected chi connectivity index (χ4v) is 1.89. The molecule has 0 aliphatic carbocycles. The molecule has 5 heteroatoms. The van der Waals surface area contributed by atoms with Crippen molar-refractivity contribution < 1.29 is 14.3 Å². The van der Waals surface area contributed by atoms with Gasteiger partial charge < -0.3 is 4.74 Å². The first kappa shape index (κ1) is 14.8. The zero-order chi connectivity index (χ0) is 15.2. The molecule has 0 spiro atoms. The molecule has 2 aromatic rings. The third kappa shape index (κ3) is 4.80. The molecular weight excluding hydrogens is 268 g/mol. The highest BCUT2D eigenvalue weighted by Crippen LogP contribution is 2.04. The van der Waals surface area contributed by atoms with E-state index in [1.54, 1.807) is 24.5 Å². The second-order valence-corrected chi connectivity index (χ2v) is 4.85. The molecular formula is C16H16N2O3. The van der Waals surface area contributed by atoms with Crippen molar-refractivity contribution in [1.29, 1.82) is 0 Å². The van der Waals surface area contributed by atoms with Crippen molar-refractivity contribution in [1.82, 2.24) is 9.97 Å². The van der Waals surface area contributed by atoms with Gasteiger partial charge in [0.1, 0.15) is 0 Å². The van der Waals surface area contributed by atoms with Crippen LogP contribution in [0.15, 0.2) is 36.7 Å². The topological polar surface area (TPSA) is 69.2 Å². The molecule has 5 nitrogen and oxygen atoms in total. The van der Waals surface area contributed by atoms with Crippen LogP contribution < -0.4 is 0 Å². The molecule has 0 aromatic carbocycles. The van der Waals surface area contributed by atoms with E-state index in [0.717, 1.165) is 11.1 Å². The fraction of sp³-hybridized carbons (Fsp3) is 0.250. The van der Waals surface area contributed by atoms with E-state index < -0.39 is 11.9 Å². The number of carbonyl (C=O) groups excluding carboxylic acids is 2. The zero-order valence-corrected chi connectivity index (χ0v) is 12.0. The first-order valence-electron chi connectivity index (χ1n) is 6.59. The fourth-order valence-electron chi connectivity index (χ4n) is 1.89. The summed E-state index contributed by atoms with van der Waals surface area (Å²) in [7, 11) is 0. The van der Waals surface area contributed by atoms with E-state index >= 15 is 0 Å². The summed E-state index contributed by atoms with van der Waals surface area (Å²) >= 11 is 0. The molecule has 0 radical (unpaired) electrons. The minimum absolute atomic E-state index is 0.0192. The van der Waals surface area contributed by atoms with Crippen LogP contribution in [0.5, 0.6) is 0 Å².